The maximum absolute atomic E-state index is 4.11. The van der Waals surface area contributed by atoms with Crippen LogP contribution in [0.5, 0.6) is 0 Å². The Morgan fingerprint density at radius 1 is 1.08 bits per heavy atom. The molecule has 0 radical (unpaired) electrons. The molecule has 0 spiro atoms. The van der Waals surface area contributed by atoms with Crippen molar-refractivity contribution in [3.8, 4) is 11.3 Å². The maximum Gasteiger partial charge on any atom is 0.0678 e. The van der Waals surface area contributed by atoms with Crippen LogP contribution in [0, 0.1) is 0 Å². The molecule has 0 amide bonds. The highest BCUT2D eigenvalue weighted by molar-refractivity contribution is 5.85. The van der Waals surface area contributed by atoms with Crippen LogP contribution < -0.4 is 0 Å². The lowest BCUT2D eigenvalue weighted by molar-refractivity contribution is 0.776. The van der Waals surface area contributed by atoms with Gasteiger partial charge in [-0.2, -0.15) is 5.10 Å². The van der Waals surface area contributed by atoms with Crippen molar-refractivity contribution in [1.82, 2.24) is 9.78 Å². The molecule has 3 heteroatoms. The van der Waals surface area contributed by atoms with Gasteiger partial charge in [-0.05, 0) is 11.6 Å². The van der Waals surface area contributed by atoms with Crippen molar-refractivity contribution in [2.75, 3.05) is 0 Å². The largest absolute Gasteiger partial charge is 0.268 e. The lowest BCUT2D eigenvalue weighted by Crippen LogP contribution is -1.92. The zero-order valence-electron chi connectivity index (χ0n) is 7.34. The summed E-state index contributed by atoms with van der Waals surface area (Å²) in [7, 11) is 1.95. The van der Waals surface area contributed by atoms with Gasteiger partial charge < -0.3 is 0 Å². The fraction of sp³-hybridized carbons (Fsp3) is 0.100. The van der Waals surface area contributed by atoms with E-state index in [1.165, 1.54) is 5.56 Å². The predicted molar refractivity (Wildman–Crippen MR) is 55.9 cm³/mol. The lowest BCUT2D eigenvalue weighted by Gasteiger charge is -1.99. The molecule has 0 aliphatic heterocycles. The first-order chi connectivity index (χ1) is 5.88. The van der Waals surface area contributed by atoms with Gasteiger partial charge in [-0.1, -0.05) is 30.3 Å². The van der Waals surface area contributed by atoms with Crippen LogP contribution in [-0.4, -0.2) is 9.78 Å². The number of rotatable bonds is 1. The quantitative estimate of drug-likeness (QED) is 0.682. The topological polar surface area (TPSA) is 17.8 Å². The number of nitrogens with zero attached hydrogens (tertiary/aromatic N) is 2. The summed E-state index contributed by atoms with van der Waals surface area (Å²) in [5.41, 5.74) is 2.35. The van der Waals surface area contributed by atoms with E-state index in [1.54, 1.807) is 0 Å². The molecule has 1 aromatic carbocycles. The molecule has 0 N–H and O–H groups in total. The second kappa shape index (κ2) is 4.10. The Kier molecular flexibility index (Phi) is 3.09. The monoisotopic (exact) mass is 194 g/mol. The van der Waals surface area contributed by atoms with E-state index in [4.69, 9.17) is 0 Å². The predicted octanol–water partition coefficient (Wildman–Crippen LogP) is 2.51. The van der Waals surface area contributed by atoms with E-state index in [0.29, 0.717) is 0 Å². The molecular formula is C10H11ClN2. The molecular weight excluding hydrogens is 184 g/mol. The van der Waals surface area contributed by atoms with E-state index in [9.17, 15) is 0 Å². The highest BCUT2D eigenvalue weighted by Crippen LogP contribution is 2.16. The number of aryl methyl sites for hydroxylation is 1. The second-order valence-corrected chi connectivity index (χ2v) is 2.71. The van der Waals surface area contributed by atoms with Gasteiger partial charge in [0.2, 0.25) is 0 Å². The van der Waals surface area contributed by atoms with Gasteiger partial charge in [0.15, 0.2) is 0 Å². The molecule has 0 saturated carbocycles. The van der Waals surface area contributed by atoms with Gasteiger partial charge in [0, 0.05) is 13.2 Å². The molecule has 0 saturated heterocycles. The van der Waals surface area contributed by atoms with Crippen LogP contribution >= 0.6 is 12.4 Å². The Morgan fingerprint density at radius 2 is 1.77 bits per heavy atom. The van der Waals surface area contributed by atoms with E-state index in [1.807, 2.05) is 42.2 Å². The molecule has 1 heterocycles. The standard InChI is InChI=1S/C10H10N2.ClH/c1-12-10(7-8-11-12)9-5-3-2-4-6-9;/h2-8H,1H3;1H. The van der Waals surface area contributed by atoms with Gasteiger partial charge in [0.05, 0.1) is 5.69 Å². The number of benzene rings is 1. The van der Waals surface area contributed by atoms with Gasteiger partial charge in [0.1, 0.15) is 0 Å². The number of hydrogen-bond acceptors (Lipinski definition) is 1. The lowest BCUT2D eigenvalue weighted by atomic mass is 10.2. The van der Waals surface area contributed by atoms with Crippen LogP contribution in [0.1, 0.15) is 0 Å². The Hall–Kier alpha value is -1.28. The Balaban J connectivity index is 0.000000845. The van der Waals surface area contributed by atoms with Crippen molar-refractivity contribution < 1.29 is 0 Å². The molecule has 2 rings (SSSR count). The summed E-state index contributed by atoms with van der Waals surface area (Å²) in [5.74, 6) is 0. The van der Waals surface area contributed by atoms with Gasteiger partial charge in [-0.3, -0.25) is 4.68 Å². The molecule has 68 valence electrons. The minimum atomic E-state index is 0. The molecule has 1 aromatic heterocycles. The van der Waals surface area contributed by atoms with Crippen LogP contribution in [0.15, 0.2) is 42.6 Å². The first-order valence-corrected chi connectivity index (χ1v) is 3.91. The van der Waals surface area contributed by atoms with E-state index in [-0.39, 0.29) is 12.4 Å². The number of aromatic nitrogens is 2. The molecule has 0 atom stereocenters. The number of hydrogen-bond donors (Lipinski definition) is 0. The fourth-order valence-electron chi connectivity index (χ4n) is 1.27. The third-order valence-corrected chi connectivity index (χ3v) is 1.89. The van der Waals surface area contributed by atoms with Crippen molar-refractivity contribution >= 4 is 12.4 Å². The molecule has 0 unspecified atom stereocenters. The molecule has 0 bridgehead atoms. The third-order valence-electron chi connectivity index (χ3n) is 1.89. The van der Waals surface area contributed by atoms with E-state index in [2.05, 4.69) is 17.2 Å². The molecule has 2 aromatic rings. The molecule has 2 nitrogen and oxygen atoms in total. The van der Waals surface area contributed by atoms with Crippen molar-refractivity contribution in [1.29, 1.82) is 0 Å². The van der Waals surface area contributed by atoms with Crippen molar-refractivity contribution in [2.24, 2.45) is 7.05 Å². The van der Waals surface area contributed by atoms with Gasteiger partial charge in [-0.25, -0.2) is 0 Å². The van der Waals surface area contributed by atoms with Gasteiger partial charge >= 0.3 is 0 Å². The summed E-state index contributed by atoms with van der Waals surface area (Å²) in [5, 5.41) is 4.11. The van der Waals surface area contributed by atoms with Crippen LogP contribution in [0.2, 0.25) is 0 Å². The van der Waals surface area contributed by atoms with Crippen LogP contribution in [0.25, 0.3) is 11.3 Å². The first kappa shape index (κ1) is 9.81. The minimum absolute atomic E-state index is 0. The van der Waals surface area contributed by atoms with E-state index in [0.717, 1.165) is 5.69 Å². The van der Waals surface area contributed by atoms with Gasteiger partial charge in [0.25, 0.3) is 0 Å². The molecule has 0 aliphatic carbocycles. The smallest absolute Gasteiger partial charge is 0.0678 e. The maximum atomic E-state index is 4.11. The minimum Gasteiger partial charge on any atom is -0.268 e. The Bertz CT molecular complexity index is 367. The summed E-state index contributed by atoms with van der Waals surface area (Å²) in [6.45, 7) is 0. The second-order valence-electron chi connectivity index (χ2n) is 2.71. The summed E-state index contributed by atoms with van der Waals surface area (Å²) < 4.78 is 1.87. The normalized spacial score (nSPS) is 9.31. The average Bonchev–Trinajstić information content (AvgIpc) is 2.53. The van der Waals surface area contributed by atoms with E-state index >= 15 is 0 Å². The molecule has 13 heavy (non-hydrogen) atoms. The third kappa shape index (κ3) is 1.90. The SMILES string of the molecule is Cl.Cn1nccc1-c1ccccc1. The summed E-state index contributed by atoms with van der Waals surface area (Å²) in [4.78, 5) is 0. The van der Waals surface area contributed by atoms with Crippen molar-refractivity contribution in [3.63, 3.8) is 0 Å². The zero-order valence-corrected chi connectivity index (χ0v) is 8.16. The summed E-state index contributed by atoms with van der Waals surface area (Å²) in [6.07, 6.45) is 1.81. The number of halogens is 1. The van der Waals surface area contributed by atoms with Gasteiger partial charge in [-0.15, -0.1) is 12.4 Å². The van der Waals surface area contributed by atoms with Crippen LogP contribution in [0.3, 0.4) is 0 Å². The van der Waals surface area contributed by atoms with Crippen LogP contribution in [-0.2, 0) is 7.05 Å². The average molecular weight is 195 g/mol. The summed E-state index contributed by atoms with van der Waals surface area (Å²) >= 11 is 0. The first-order valence-electron chi connectivity index (χ1n) is 3.91. The van der Waals surface area contributed by atoms with E-state index < -0.39 is 0 Å². The molecule has 0 fully saturated rings. The Morgan fingerprint density at radius 3 is 2.31 bits per heavy atom. The Labute approximate surface area is 83.6 Å². The zero-order chi connectivity index (χ0) is 8.39. The fourth-order valence-corrected chi connectivity index (χ4v) is 1.27. The summed E-state index contributed by atoms with van der Waals surface area (Å²) in [6, 6.07) is 12.2. The highest BCUT2D eigenvalue weighted by Gasteiger charge is 1.98. The van der Waals surface area contributed by atoms with Crippen molar-refractivity contribution in [2.45, 2.75) is 0 Å². The highest BCUT2D eigenvalue weighted by atomic mass is 35.5. The van der Waals surface area contributed by atoms with Crippen molar-refractivity contribution in [3.05, 3.63) is 42.6 Å². The van der Waals surface area contributed by atoms with Crippen LogP contribution in [0.4, 0.5) is 0 Å². The molecule has 0 aliphatic rings.